The molecule has 0 bridgehead atoms. The molecule has 0 atom stereocenters. The number of ether oxygens (including phenoxy) is 2. The van der Waals surface area contributed by atoms with Crippen molar-refractivity contribution in [3.8, 4) is 5.75 Å². The van der Waals surface area contributed by atoms with E-state index < -0.39 is 11.9 Å². The Balaban J connectivity index is 1.36. The van der Waals surface area contributed by atoms with Gasteiger partial charge >= 0.3 is 5.97 Å². The normalized spacial score (nSPS) is 13.2. The third-order valence-electron chi connectivity index (χ3n) is 4.66. The van der Waals surface area contributed by atoms with E-state index >= 15 is 0 Å². The lowest BCUT2D eigenvalue weighted by Crippen LogP contribution is -2.24. The molecular formula is C23H26N2O5. The quantitative estimate of drug-likeness (QED) is 0.505. The Kier molecular flexibility index (Phi) is 7.43. The van der Waals surface area contributed by atoms with Crippen molar-refractivity contribution in [3.63, 3.8) is 0 Å². The van der Waals surface area contributed by atoms with Crippen LogP contribution in [-0.2, 0) is 19.1 Å². The van der Waals surface area contributed by atoms with Crippen LogP contribution in [0, 0.1) is 6.92 Å². The maximum absolute atomic E-state index is 12.1. The number of anilines is 2. The zero-order chi connectivity index (χ0) is 21.3. The first-order valence-corrected chi connectivity index (χ1v) is 10.1. The summed E-state index contributed by atoms with van der Waals surface area (Å²) in [7, 11) is 0. The Labute approximate surface area is 176 Å². The van der Waals surface area contributed by atoms with Gasteiger partial charge in [0, 0.05) is 30.8 Å². The molecule has 1 N–H and O–H groups in total. The van der Waals surface area contributed by atoms with Crippen LogP contribution in [0.3, 0.4) is 0 Å². The average Bonchev–Trinajstić information content (AvgIpc) is 3.16. The standard InChI is InChI=1S/C23H26N2O5/c1-17-6-2-9-20(14-17)29-13-5-11-23(28)30-16-21(26)24-18-7-3-8-19(15-18)25-12-4-10-22(25)27/h2-3,6-9,14-15H,4-5,10-13,16H2,1H3,(H,24,26). The number of amides is 2. The van der Waals surface area contributed by atoms with E-state index in [1.165, 1.54) is 0 Å². The lowest BCUT2D eigenvalue weighted by Gasteiger charge is -2.16. The molecule has 0 aliphatic carbocycles. The van der Waals surface area contributed by atoms with Gasteiger partial charge in [-0.05, 0) is 55.7 Å². The molecule has 0 spiro atoms. The van der Waals surface area contributed by atoms with Crippen LogP contribution in [0.2, 0.25) is 0 Å². The maximum Gasteiger partial charge on any atom is 0.306 e. The third kappa shape index (κ3) is 6.34. The second-order valence-corrected chi connectivity index (χ2v) is 7.18. The molecule has 1 fully saturated rings. The number of nitrogens with one attached hydrogen (secondary N) is 1. The van der Waals surface area contributed by atoms with Gasteiger partial charge in [0.1, 0.15) is 5.75 Å². The molecule has 1 aliphatic rings. The summed E-state index contributed by atoms with van der Waals surface area (Å²) in [6.07, 6.45) is 2.05. The van der Waals surface area contributed by atoms with Crippen LogP contribution in [0.15, 0.2) is 48.5 Å². The van der Waals surface area contributed by atoms with Gasteiger partial charge in [0.25, 0.3) is 5.91 Å². The molecule has 0 aromatic heterocycles. The molecule has 1 aliphatic heterocycles. The minimum absolute atomic E-state index is 0.0822. The Morgan fingerprint density at radius 1 is 1.13 bits per heavy atom. The van der Waals surface area contributed by atoms with Crippen LogP contribution in [0.4, 0.5) is 11.4 Å². The molecule has 1 saturated heterocycles. The largest absolute Gasteiger partial charge is 0.494 e. The third-order valence-corrected chi connectivity index (χ3v) is 4.66. The number of esters is 1. The number of hydrogen-bond donors (Lipinski definition) is 1. The molecule has 158 valence electrons. The second kappa shape index (κ2) is 10.4. The van der Waals surface area contributed by atoms with Crippen molar-refractivity contribution in [2.24, 2.45) is 0 Å². The lowest BCUT2D eigenvalue weighted by atomic mass is 10.2. The highest BCUT2D eigenvalue weighted by atomic mass is 16.5. The van der Waals surface area contributed by atoms with Crippen molar-refractivity contribution in [3.05, 3.63) is 54.1 Å². The molecule has 3 rings (SSSR count). The number of carbonyl (C=O) groups excluding carboxylic acids is 3. The van der Waals surface area contributed by atoms with Crippen LogP contribution in [0.25, 0.3) is 0 Å². The first-order chi connectivity index (χ1) is 14.5. The lowest BCUT2D eigenvalue weighted by molar-refractivity contribution is -0.147. The molecule has 0 saturated carbocycles. The zero-order valence-electron chi connectivity index (χ0n) is 17.1. The molecule has 30 heavy (non-hydrogen) atoms. The van der Waals surface area contributed by atoms with Crippen LogP contribution in [0.1, 0.15) is 31.2 Å². The SMILES string of the molecule is Cc1cccc(OCCCC(=O)OCC(=O)Nc2cccc(N3CCCC3=O)c2)c1. The van der Waals surface area contributed by atoms with E-state index in [4.69, 9.17) is 9.47 Å². The van der Waals surface area contributed by atoms with E-state index in [0.717, 1.165) is 23.4 Å². The summed E-state index contributed by atoms with van der Waals surface area (Å²) in [6, 6.07) is 14.8. The first-order valence-electron chi connectivity index (χ1n) is 10.1. The Bertz CT molecular complexity index is 912. The zero-order valence-corrected chi connectivity index (χ0v) is 17.1. The summed E-state index contributed by atoms with van der Waals surface area (Å²) < 4.78 is 10.6. The topological polar surface area (TPSA) is 84.9 Å². The molecule has 2 aromatic carbocycles. The summed E-state index contributed by atoms with van der Waals surface area (Å²) >= 11 is 0. The highest BCUT2D eigenvalue weighted by molar-refractivity contribution is 5.97. The van der Waals surface area contributed by atoms with Gasteiger partial charge in [-0.25, -0.2) is 0 Å². The van der Waals surface area contributed by atoms with E-state index in [1.807, 2.05) is 37.3 Å². The smallest absolute Gasteiger partial charge is 0.306 e. The molecule has 0 radical (unpaired) electrons. The average molecular weight is 410 g/mol. The van der Waals surface area contributed by atoms with Gasteiger partial charge in [-0.2, -0.15) is 0 Å². The van der Waals surface area contributed by atoms with Crippen molar-refractivity contribution < 1.29 is 23.9 Å². The number of aryl methyl sites for hydroxylation is 1. The van der Waals surface area contributed by atoms with Gasteiger partial charge in [0.2, 0.25) is 5.91 Å². The van der Waals surface area contributed by atoms with Gasteiger partial charge < -0.3 is 19.7 Å². The van der Waals surface area contributed by atoms with Gasteiger partial charge in [-0.1, -0.05) is 18.2 Å². The number of rotatable bonds is 9. The summed E-state index contributed by atoms with van der Waals surface area (Å²) in [6.45, 7) is 2.70. The Morgan fingerprint density at radius 2 is 1.97 bits per heavy atom. The van der Waals surface area contributed by atoms with Gasteiger partial charge in [-0.15, -0.1) is 0 Å². The summed E-state index contributed by atoms with van der Waals surface area (Å²) in [4.78, 5) is 37.5. The van der Waals surface area contributed by atoms with Crippen LogP contribution in [-0.4, -0.2) is 37.5 Å². The minimum atomic E-state index is -0.450. The van der Waals surface area contributed by atoms with E-state index in [0.29, 0.717) is 31.7 Å². The van der Waals surface area contributed by atoms with Gasteiger partial charge in [0.05, 0.1) is 6.61 Å². The maximum atomic E-state index is 12.1. The number of hydrogen-bond acceptors (Lipinski definition) is 5. The number of benzene rings is 2. The Morgan fingerprint density at radius 3 is 2.73 bits per heavy atom. The highest BCUT2D eigenvalue weighted by Gasteiger charge is 2.21. The van der Waals surface area contributed by atoms with E-state index in [2.05, 4.69) is 5.32 Å². The van der Waals surface area contributed by atoms with Crippen molar-refractivity contribution in [1.82, 2.24) is 0 Å². The molecule has 0 unspecified atom stereocenters. The van der Waals surface area contributed by atoms with Crippen LogP contribution < -0.4 is 15.0 Å². The number of carbonyl (C=O) groups is 3. The molecular weight excluding hydrogens is 384 g/mol. The second-order valence-electron chi connectivity index (χ2n) is 7.18. The molecule has 2 amide bonds. The van der Waals surface area contributed by atoms with Crippen LogP contribution in [0.5, 0.6) is 5.75 Å². The summed E-state index contributed by atoms with van der Waals surface area (Å²) in [5.74, 6) is -0.0296. The van der Waals surface area contributed by atoms with Crippen molar-refractivity contribution in [2.45, 2.75) is 32.6 Å². The van der Waals surface area contributed by atoms with Gasteiger partial charge in [0.15, 0.2) is 6.61 Å². The minimum Gasteiger partial charge on any atom is -0.494 e. The van der Waals surface area contributed by atoms with Crippen molar-refractivity contribution >= 4 is 29.2 Å². The van der Waals surface area contributed by atoms with E-state index in [-0.39, 0.29) is 18.9 Å². The van der Waals surface area contributed by atoms with E-state index in [1.54, 1.807) is 23.1 Å². The fraction of sp³-hybridized carbons (Fsp3) is 0.348. The van der Waals surface area contributed by atoms with E-state index in [9.17, 15) is 14.4 Å². The summed E-state index contributed by atoms with van der Waals surface area (Å²) in [5, 5.41) is 2.69. The molecule has 7 heteroatoms. The molecule has 1 heterocycles. The fourth-order valence-electron chi connectivity index (χ4n) is 3.20. The predicted molar refractivity (Wildman–Crippen MR) is 114 cm³/mol. The molecule has 7 nitrogen and oxygen atoms in total. The van der Waals surface area contributed by atoms with Crippen molar-refractivity contribution in [1.29, 1.82) is 0 Å². The number of nitrogens with zero attached hydrogens (tertiary/aromatic N) is 1. The monoisotopic (exact) mass is 410 g/mol. The fourth-order valence-corrected chi connectivity index (χ4v) is 3.20. The summed E-state index contributed by atoms with van der Waals surface area (Å²) in [5.41, 5.74) is 2.41. The first kappa shape index (κ1) is 21.4. The Hall–Kier alpha value is -3.35. The predicted octanol–water partition coefficient (Wildman–Crippen LogP) is 3.46. The molecule has 2 aromatic rings. The van der Waals surface area contributed by atoms with Crippen LogP contribution >= 0.6 is 0 Å². The van der Waals surface area contributed by atoms with Crippen molar-refractivity contribution in [2.75, 3.05) is 30.0 Å². The highest BCUT2D eigenvalue weighted by Crippen LogP contribution is 2.24. The van der Waals surface area contributed by atoms with Gasteiger partial charge in [-0.3, -0.25) is 14.4 Å².